The molecule has 0 aliphatic heterocycles. The third-order valence-corrected chi connectivity index (χ3v) is 3.06. The molecule has 70 valence electrons. The molecular weight excluding hydrogens is 176 g/mol. The van der Waals surface area contributed by atoms with Gasteiger partial charge in [-0.15, -0.1) is 0 Å². The number of carbonyl (C=O) groups is 1. The van der Waals surface area contributed by atoms with E-state index in [1.807, 2.05) is 6.92 Å². The summed E-state index contributed by atoms with van der Waals surface area (Å²) in [6.07, 6.45) is 1.11. The van der Waals surface area contributed by atoms with Gasteiger partial charge in [0.2, 0.25) is 0 Å². The highest BCUT2D eigenvalue weighted by atomic mass is 28.3. The van der Waals surface area contributed by atoms with Crippen LogP contribution in [-0.2, 0) is 18.4 Å². The Balaban J connectivity index is 3.68. The average molecular weight is 190 g/mol. The molecule has 0 aliphatic carbocycles. The summed E-state index contributed by atoms with van der Waals surface area (Å²) in [4.78, 5) is 10.9. The van der Waals surface area contributed by atoms with Crippen molar-refractivity contribution in [2.24, 2.45) is 0 Å². The topological polar surface area (TPSA) is 44.8 Å². The Morgan fingerprint density at radius 1 is 1.67 bits per heavy atom. The van der Waals surface area contributed by atoms with Gasteiger partial charge in [0.05, 0.1) is 12.3 Å². The molecule has 4 nitrogen and oxygen atoms in total. The van der Waals surface area contributed by atoms with E-state index in [1.54, 1.807) is 0 Å². The van der Waals surface area contributed by atoms with Crippen molar-refractivity contribution in [3.63, 3.8) is 0 Å². The summed E-state index contributed by atoms with van der Waals surface area (Å²) in [5.41, 5.74) is 0. The second-order valence-corrected chi connectivity index (χ2v) is 4.05. The molecule has 0 amide bonds. The number of hydrogen-bond acceptors (Lipinski definition) is 4. The van der Waals surface area contributed by atoms with Crippen molar-refractivity contribution >= 4 is 15.3 Å². The first-order valence-corrected chi connectivity index (χ1v) is 5.45. The second-order valence-electron chi connectivity index (χ2n) is 1.98. The second kappa shape index (κ2) is 7.02. The van der Waals surface area contributed by atoms with Gasteiger partial charge >= 0.3 is 15.3 Å². The molecule has 0 saturated heterocycles. The van der Waals surface area contributed by atoms with Gasteiger partial charge in [0.1, 0.15) is 0 Å². The fourth-order valence-corrected chi connectivity index (χ4v) is 1.83. The lowest BCUT2D eigenvalue weighted by molar-refractivity contribution is -0.135. The van der Waals surface area contributed by atoms with Crippen LogP contribution in [0.5, 0.6) is 0 Å². The van der Waals surface area contributed by atoms with Crippen LogP contribution in [0.25, 0.3) is 0 Å². The Morgan fingerprint density at radius 3 is 2.75 bits per heavy atom. The maximum Gasteiger partial charge on any atom is 0.332 e. The maximum atomic E-state index is 10.9. The molecule has 1 atom stereocenters. The third kappa shape index (κ3) is 5.06. The van der Waals surface area contributed by atoms with E-state index in [9.17, 15) is 4.79 Å². The van der Waals surface area contributed by atoms with Gasteiger partial charge in [-0.2, -0.15) is 0 Å². The summed E-state index contributed by atoms with van der Waals surface area (Å²) < 4.78 is 14.7. The lowest BCUT2D eigenvalue weighted by Crippen LogP contribution is -2.24. The van der Waals surface area contributed by atoms with Gasteiger partial charge in [0.15, 0.2) is 0 Å². The Hall–Kier alpha value is -0.653. The molecule has 0 saturated carbocycles. The summed E-state index contributed by atoms with van der Waals surface area (Å²) >= 11 is 0. The first kappa shape index (κ1) is 11.3. The Kier molecular flexibility index (Phi) is 6.64. The van der Waals surface area contributed by atoms with Gasteiger partial charge < -0.3 is 13.6 Å². The van der Waals surface area contributed by atoms with Crippen LogP contribution in [-0.4, -0.2) is 29.0 Å². The van der Waals surface area contributed by atoms with E-state index in [0.29, 0.717) is 6.61 Å². The molecule has 0 fully saturated rings. The summed E-state index contributed by atoms with van der Waals surface area (Å²) in [7, 11) is -0.289. The monoisotopic (exact) mass is 190 g/mol. The van der Waals surface area contributed by atoms with Crippen LogP contribution in [0.15, 0.2) is 12.8 Å². The predicted molar refractivity (Wildman–Crippen MR) is 46.9 cm³/mol. The fraction of sp³-hybridized carbons (Fsp3) is 0.571. The van der Waals surface area contributed by atoms with Crippen LogP contribution in [0.2, 0.25) is 6.04 Å². The minimum Gasteiger partial charge on any atom is -0.435 e. The smallest absolute Gasteiger partial charge is 0.332 e. The third-order valence-electron chi connectivity index (χ3n) is 1.16. The molecule has 0 radical (unpaired) electrons. The number of hydrogen-bond donors (Lipinski definition) is 0. The Bertz CT molecular complexity index is 148. The van der Waals surface area contributed by atoms with Crippen molar-refractivity contribution in [3.8, 4) is 0 Å². The number of esters is 1. The summed E-state index contributed by atoms with van der Waals surface area (Å²) in [5.74, 6) is -0.350. The van der Waals surface area contributed by atoms with E-state index >= 15 is 0 Å². The van der Waals surface area contributed by atoms with Gasteiger partial charge in [-0.05, 0) is 6.92 Å². The van der Waals surface area contributed by atoms with Crippen LogP contribution < -0.4 is 0 Å². The minimum absolute atomic E-state index is 0.219. The highest BCUT2D eigenvalue weighted by molar-refractivity contribution is 6.48. The zero-order valence-corrected chi connectivity index (χ0v) is 8.56. The van der Waals surface area contributed by atoms with Crippen LogP contribution >= 0.6 is 0 Å². The Morgan fingerprint density at radius 2 is 2.33 bits per heavy atom. The van der Waals surface area contributed by atoms with Crippen LogP contribution in [0, 0.1) is 0 Å². The molecule has 0 N–H and O–H groups in total. The van der Waals surface area contributed by atoms with Crippen LogP contribution in [0.4, 0.5) is 0 Å². The first-order chi connectivity index (χ1) is 5.74. The minimum atomic E-state index is -1.82. The van der Waals surface area contributed by atoms with Gasteiger partial charge in [-0.3, -0.25) is 4.79 Å². The van der Waals surface area contributed by atoms with Crippen molar-refractivity contribution in [2.75, 3.05) is 13.7 Å². The number of ether oxygens (including phenoxy) is 1. The molecular formula is C7H14O4Si. The van der Waals surface area contributed by atoms with Gasteiger partial charge in [-0.25, -0.2) is 0 Å². The average Bonchev–Trinajstić information content (AvgIpc) is 2.04. The predicted octanol–water partition coefficient (Wildman–Crippen LogP) is 0.576. The van der Waals surface area contributed by atoms with E-state index in [1.165, 1.54) is 7.11 Å². The first-order valence-electron chi connectivity index (χ1n) is 3.69. The van der Waals surface area contributed by atoms with E-state index < -0.39 is 9.28 Å². The van der Waals surface area contributed by atoms with Crippen molar-refractivity contribution in [3.05, 3.63) is 12.8 Å². The van der Waals surface area contributed by atoms with E-state index in [-0.39, 0.29) is 12.0 Å². The number of carbonyl (C=O) groups excluding carboxylic acids is 1. The van der Waals surface area contributed by atoms with Gasteiger partial charge in [0.25, 0.3) is 0 Å². The molecule has 0 bridgehead atoms. The fourth-order valence-electron chi connectivity index (χ4n) is 0.673. The van der Waals surface area contributed by atoms with E-state index in [4.69, 9.17) is 8.85 Å². The van der Waals surface area contributed by atoms with E-state index in [2.05, 4.69) is 11.3 Å². The molecule has 0 aromatic carbocycles. The van der Waals surface area contributed by atoms with Crippen LogP contribution in [0.3, 0.4) is 0 Å². The molecule has 0 aromatic rings. The van der Waals surface area contributed by atoms with E-state index in [0.717, 1.165) is 6.26 Å². The van der Waals surface area contributed by atoms with Gasteiger partial charge in [0, 0.05) is 13.7 Å². The molecule has 0 rings (SSSR count). The summed E-state index contributed by atoms with van der Waals surface area (Å²) in [6.45, 7) is 5.69. The van der Waals surface area contributed by atoms with Crippen molar-refractivity contribution in [1.82, 2.24) is 0 Å². The number of rotatable bonds is 6. The normalized spacial score (nSPS) is 12.2. The summed E-state index contributed by atoms with van der Waals surface area (Å²) in [5, 5.41) is 0. The Labute approximate surface area is 74.0 Å². The maximum absolute atomic E-state index is 10.9. The van der Waals surface area contributed by atoms with Crippen LogP contribution in [0.1, 0.15) is 6.92 Å². The lowest BCUT2D eigenvalue weighted by atomic mass is 10.8. The molecule has 12 heavy (non-hydrogen) atoms. The molecule has 0 aromatic heterocycles. The lowest BCUT2D eigenvalue weighted by Gasteiger charge is -2.10. The van der Waals surface area contributed by atoms with Crippen molar-refractivity contribution in [2.45, 2.75) is 13.0 Å². The molecule has 1 unspecified atom stereocenters. The van der Waals surface area contributed by atoms with Crippen molar-refractivity contribution < 1.29 is 18.4 Å². The summed E-state index contributed by atoms with van der Waals surface area (Å²) in [6, 6.07) is 0.219. The van der Waals surface area contributed by atoms with Gasteiger partial charge in [-0.1, -0.05) is 6.58 Å². The SMILES string of the molecule is C=COC(=O)C[SiH](OC)OCC. The zero-order valence-electron chi connectivity index (χ0n) is 7.41. The standard InChI is InChI=1S/C7H14O4Si/c1-4-10-7(8)6-12(9-3)11-5-2/h4,12H,1,5-6H2,2-3H3. The highest BCUT2D eigenvalue weighted by Crippen LogP contribution is 1.98. The quantitative estimate of drug-likeness (QED) is 0.349. The van der Waals surface area contributed by atoms with Crippen molar-refractivity contribution in [1.29, 1.82) is 0 Å². The zero-order chi connectivity index (χ0) is 9.40. The highest BCUT2D eigenvalue weighted by Gasteiger charge is 2.16. The molecule has 0 spiro atoms. The molecule has 5 heteroatoms. The molecule has 0 aliphatic rings. The largest absolute Gasteiger partial charge is 0.435 e. The molecule has 0 heterocycles.